The van der Waals surface area contributed by atoms with Crippen LogP contribution in [0.5, 0.6) is 5.75 Å². The number of rotatable bonds is 7. The lowest BCUT2D eigenvalue weighted by Crippen LogP contribution is -2.34. The number of methoxy groups -OCH3 is 1. The van der Waals surface area contributed by atoms with E-state index in [1.807, 2.05) is 44.2 Å². The molecule has 0 aromatic heterocycles. The number of hydrogen-bond acceptors (Lipinski definition) is 3. The van der Waals surface area contributed by atoms with Crippen LogP contribution in [-0.2, 0) is 16.0 Å². The summed E-state index contributed by atoms with van der Waals surface area (Å²) in [5.74, 6) is -0.662. The summed E-state index contributed by atoms with van der Waals surface area (Å²) in [6, 6.07) is 11.8. The van der Waals surface area contributed by atoms with Gasteiger partial charge in [-0.15, -0.1) is 0 Å². The van der Waals surface area contributed by atoms with Crippen molar-refractivity contribution in [3.05, 3.63) is 64.7 Å². The van der Waals surface area contributed by atoms with Crippen LogP contribution in [0.15, 0.2) is 42.5 Å². The largest absolute Gasteiger partial charge is 0.496 e. The van der Waals surface area contributed by atoms with Gasteiger partial charge < -0.3 is 15.2 Å². The summed E-state index contributed by atoms with van der Waals surface area (Å²) in [6.45, 7) is 3.88. The van der Waals surface area contributed by atoms with Gasteiger partial charge in [-0.25, -0.2) is 4.79 Å². The fourth-order valence-corrected chi connectivity index (χ4v) is 2.62. The zero-order valence-corrected chi connectivity index (χ0v) is 14.7. The number of carbonyl (C=O) groups is 2. The monoisotopic (exact) mass is 341 g/mol. The highest BCUT2D eigenvalue weighted by atomic mass is 16.5. The van der Waals surface area contributed by atoms with Gasteiger partial charge in [0.1, 0.15) is 5.75 Å². The van der Waals surface area contributed by atoms with E-state index in [0.717, 1.165) is 22.4 Å². The molecular weight excluding hydrogens is 318 g/mol. The Bertz CT molecular complexity index is 770. The molecule has 132 valence electrons. The molecule has 0 fully saturated rings. The number of amides is 1. The Hall–Kier alpha value is -2.82. The molecule has 0 radical (unpaired) electrons. The molecule has 5 nitrogen and oxygen atoms in total. The maximum atomic E-state index is 12.2. The third-order valence-corrected chi connectivity index (χ3v) is 4.23. The summed E-state index contributed by atoms with van der Waals surface area (Å²) >= 11 is 0. The molecule has 0 aliphatic carbocycles. The Kier molecular flexibility index (Phi) is 6.17. The van der Waals surface area contributed by atoms with Crippen molar-refractivity contribution in [2.45, 2.75) is 32.7 Å². The van der Waals surface area contributed by atoms with Crippen molar-refractivity contribution in [2.24, 2.45) is 0 Å². The van der Waals surface area contributed by atoms with Gasteiger partial charge in [0.05, 0.1) is 7.11 Å². The molecular formula is C20H23NO4. The lowest BCUT2D eigenvalue weighted by atomic mass is 10.0. The minimum Gasteiger partial charge on any atom is -0.496 e. The zero-order chi connectivity index (χ0) is 18.4. The third-order valence-electron chi connectivity index (χ3n) is 4.23. The van der Waals surface area contributed by atoms with Gasteiger partial charge in [-0.3, -0.25) is 4.79 Å². The molecule has 0 spiro atoms. The molecule has 0 aliphatic rings. The van der Waals surface area contributed by atoms with Gasteiger partial charge in [0.15, 0.2) is 6.04 Å². The van der Waals surface area contributed by atoms with E-state index in [1.165, 1.54) is 0 Å². The van der Waals surface area contributed by atoms with Crippen LogP contribution in [0.4, 0.5) is 0 Å². The molecule has 0 heterocycles. The maximum Gasteiger partial charge on any atom is 0.330 e. The van der Waals surface area contributed by atoms with Gasteiger partial charge in [0, 0.05) is 6.42 Å². The van der Waals surface area contributed by atoms with Crippen LogP contribution >= 0.6 is 0 Å². The first-order valence-corrected chi connectivity index (χ1v) is 8.13. The second-order valence-electron chi connectivity index (χ2n) is 5.99. The summed E-state index contributed by atoms with van der Waals surface area (Å²) in [5.41, 5.74) is 3.56. The van der Waals surface area contributed by atoms with Gasteiger partial charge in [0.25, 0.3) is 0 Å². The number of ether oxygens (including phenoxy) is 1. The van der Waals surface area contributed by atoms with Crippen molar-refractivity contribution < 1.29 is 19.4 Å². The number of hydrogen-bond donors (Lipinski definition) is 2. The smallest absolute Gasteiger partial charge is 0.330 e. The van der Waals surface area contributed by atoms with Crippen molar-refractivity contribution in [1.29, 1.82) is 0 Å². The fraction of sp³-hybridized carbons (Fsp3) is 0.300. The minimum absolute atomic E-state index is 0.189. The van der Waals surface area contributed by atoms with Crippen LogP contribution in [0.1, 0.15) is 34.7 Å². The second kappa shape index (κ2) is 8.33. The van der Waals surface area contributed by atoms with E-state index in [9.17, 15) is 14.7 Å². The predicted octanol–water partition coefficient (Wildman–Crippen LogP) is 3.19. The van der Waals surface area contributed by atoms with Crippen LogP contribution in [0.25, 0.3) is 0 Å². The molecule has 5 heteroatoms. The SMILES string of the molecule is COc1ccccc1CCC(=O)NC(C(=O)O)c1ccc(C)c(C)c1. The molecule has 2 aromatic rings. The number of carbonyl (C=O) groups excluding carboxylic acids is 1. The Balaban J connectivity index is 2.05. The highest BCUT2D eigenvalue weighted by Crippen LogP contribution is 2.20. The molecule has 2 aromatic carbocycles. The number of benzene rings is 2. The topological polar surface area (TPSA) is 75.6 Å². The first-order chi connectivity index (χ1) is 11.9. The lowest BCUT2D eigenvalue weighted by molar-refractivity contribution is -0.142. The van der Waals surface area contributed by atoms with Crippen molar-refractivity contribution in [3.8, 4) is 5.75 Å². The van der Waals surface area contributed by atoms with Crippen LogP contribution < -0.4 is 10.1 Å². The third kappa shape index (κ3) is 4.83. The average Bonchev–Trinajstić information content (AvgIpc) is 2.60. The van der Waals surface area contributed by atoms with Crippen LogP contribution in [0.2, 0.25) is 0 Å². The fourth-order valence-electron chi connectivity index (χ4n) is 2.62. The zero-order valence-electron chi connectivity index (χ0n) is 14.7. The van der Waals surface area contributed by atoms with E-state index < -0.39 is 12.0 Å². The van der Waals surface area contributed by atoms with Crippen LogP contribution in [0.3, 0.4) is 0 Å². The van der Waals surface area contributed by atoms with Crippen molar-refractivity contribution >= 4 is 11.9 Å². The van der Waals surface area contributed by atoms with E-state index in [4.69, 9.17) is 4.74 Å². The van der Waals surface area contributed by atoms with E-state index in [0.29, 0.717) is 12.0 Å². The van der Waals surface area contributed by atoms with Gasteiger partial charge in [-0.1, -0.05) is 36.4 Å². The lowest BCUT2D eigenvalue weighted by Gasteiger charge is -2.16. The van der Waals surface area contributed by atoms with E-state index >= 15 is 0 Å². The average molecular weight is 341 g/mol. The van der Waals surface area contributed by atoms with Gasteiger partial charge >= 0.3 is 5.97 Å². The number of aryl methyl sites for hydroxylation is 3. The summed E-state index contributed by atoms with van der Waals surface area (Å²) in [5, 5.41) is 12.1. The molecule has 1 amide bonds. The highest BCUT2D eigenvalue weighted by Gasteiger charge is 2.22. The summed E-state index contributed by atoms with van der Waals surface area (Å²) in [6.07, 6.45) is 0.671. The number of nitrogens with one attached hydrogen (secondary N) is 1. The Morgan fingerprint density at radius 1 is 1.12 bits per heavy atom. The molecule has 2 rings (SSSR count). The highest BCUT2D eigenvalue weighted by molar-refractivity contribution is 5.84. The number of carboxylic acids is 1. The quantitative estimate of drug-likeness (QED) is 0.811. The molecule has 0 saturated heterocycles. The first-order valence-electron chi connectivity index (χ1n) is 8.13. The molecule has 0 aliphatic heterocycles. The number of para-hydroxylation sites is 1. The number of aliphatic carboxylic acids is 1. The molecule has 0 bridgehead atoms. The molecule has 1 unspecified atom stereocenters. The Morgan fingerprint density at radius 2 is 1.84 bits per heavy atom. The standard InChI is InChI=1S/C20H23NO4/c1-13-8-9-16(12-14(13)2)19(20(23)24)21-18(22)11-10-15-6-4-5-7-17(15)25-3/h4-9,12,19H,10-11H2,1-3H3,(H,21,22)(H,23,24). The van der Waals surface area contributed by atoms with E-state index in [2.05, 4.69) is 5.32 Å². The predicted molar refractivity (Wildman–Crippen MR) is 95.8 cm³/mol. The van der Waals surface area contributed by atoms with Gasteiger partial charge in [-0.05, 0) is 48.6 Å². The Morgan fingerprint density at radius 3 is 2.48 bits per heavy atom. The summed E-state index contributed by atoms with van der Waals surface area (Å²) < 4.78 is 5.26. The maximum absolute atomic E-state index is 12.2. The molecule has 1 atom stereocenters. The van der Waals surface area contributed by atoms with E-state index in [1.54, 1.807) is 19.2 Å². The normalized spacial score (nSPS) is 11.6. The van der Waals surface area contributed by atoms with Crippen molar-refractivity contribution in [2.75, 3.05) is 7.11 Å². The molecule has 0 saturated carbocycles. The van der Waals surface area contributed by atoms with Gasteiger partial charge in [-0.2, -0.15) is 0 Å². The molecule has 2 N–H and O–H groups in total. The Labute approximate surface area is 147 Å². The number of carboxylic acid groups (broad SMARTS) is 1. The minimum atomic E-state index is -1.08. The van der Waals surface area contributed by atoms with E-state index in [-0.39, 0.29) is 12.3 Å². The van der Waals surface area contributed by atoms with Crippen molar-refractivity contribution in [3.63, 3.8) is 0 Å². The van der Waals surface area contributed by atoms with Crippen molar-refractivity contribution in [1.82, 2.24) is 5.32 Å². The van der Waals surface area contributed by atoms with Gasteiger partial charge in [0.2, 0.25) is 5.91 Å². The van der Waals surface area contributed by atoms with Crippen LogP contribution in [-0.4, -0.2) is 24.1 Å². The second-order valence-corrected chi connectivity index (χ2v) is 5.99. The summed E-state index contributed by atoms with van der Waals surface area (Å²) in [7, 11) is 1.58. The first kappa shape index (κ1) is 18.5. The summed E-state index contributed by atoms with van der Waals surface area (Å²) in [4.78, 5) is 23.8. The molecule has 25 heavy (non-hydrogen) atoms. The van der Waals surface area contributed by atoms with Crippen LogP contribution in [0, 0.1) is 13.8 Å².